The predicted octanol–water partition coefficient (Wildman–Crippen LogP) is 3.18. The average Bonchev–Trinajstić information content (AvgIpc) is 2.41. The minimum atomic E-state index is 0.00794. The van der Waals surface area contributed by atoms with Crippen molar-refractivity contribution in [3.8, 4) is 0 Å². The normalized spacial score (nSPS) is 45.4. The average molecular weight is 322 g/mol. The number of rotatable bonds is 1. The van der Waals surface area contributed by atoms with Gasteiger partial charge in [-0.15, -0.1) is 0 Å². The molecule has 2 rings (SSSR count). The van der Waals surface area contributed by atoms with E-state index in [4.69, 9.17) is 4.74 Å². The van der Waals surface area contributed by atoms with Crippen LogP contribution in [-0.4, -0.2) is 16.0 Å². The molecule has 0 amide bonds. The Balaban J connectivity index is 2.19. The van der Waals surface area contributed by atoms with Crippen LogP contribution in [0.3, 0.4) is 0 Å². The lowest BCUT2D eigenvalue weighted by molar-refractivity contribution is -0.142. The molecule has 0 aromatic heterocycles. The summed E-state index contributed by atoms with van der Waals surface area (Å²) < 4.78 is 6.01. The van der Waals surface area contributed by atoms with E-state index in [0.29, 0.717) is 22.2 Å². The van der Waals surface area contributed by atoms with Gasteiger partial charge in [-0.2, -0.15) is 0 Å². The molecule has 4 atom stereocenters. The monoisotopic (exact) mass is 322 g/mol. The predicted molar refractivity (Wildman–Crippen MR) is 68.0 cm³/mol. The molecule has 1 aliphatic heterocycles. The molecule has 3 heteroatoms. The van der Waals surface area contributed by atoms with Crippen molar-refractivity contribution in [2.75, 3.05) is 0 Å². The summed E-state index contributed by atoms with van der Waals surface area (Å²) in [5.41, 5.74) is 0.119. The van der Waals surface area contributed by atoms with Crippen LogP contribution in [0, 0.1) is 17.3 Å². The van der Waals surface area contributed by atoms with E-state index in [2.05, 4.69) is 43.4 Å². The molecule has 1 heterocycles. The lowest BCUT2D eigenvalue weighted by atomic mass is 9.67. The Labute approximate surface area is 105 Å². The Morgan fingerprint density at radius 3 is 2.80 bits per heavy atom. The lowest BCUT2D eigenvalue weighted by Gasteiger charge is -2.43. The van der Waals surface area contributed by atoms with E-state index in [-0.39, 0.29) is 17.5 Å². The Morgan fingerprint density at radius 2 is 2.20 bits per heavy atom. The first-order chi connectivity index (χ1) is 6.94. The van der Waals surface area contributed by atoms with Gasteiger partial charge in [0.2, 0.25) is 0 Å². The summed E-state index contributed by atoms with van der Waals surface area (Å²) >= 11 is 2.49. The van der Waals surface area contributed by atoms with E-state index in [0.717, 1.165) is 6.42 Å². The first-order valence-electron chi connectivity index (χ1n) is 5.77. The zero-order chi connectivity index (χ0) is 11.2. The van der Waals surface area contributed by atoms with Gasteiger partial charge in [0.1, 0.15) is 6.10 Å². The molecule has 0 unspecified atom stereocenters. The van der Waals surface area contributed by atoms with Crippen molar-refractivity contribution in [1.29, 1.82) is 0 Å². The Kier molecular flexibility index (Phi) is 3.03. The van der Waals surface area contributed by atoms with Crippen molar-refractivity contribution < 1.29 is 9.53 Å². The zero-order valence-electron chi connectivity index (χ0n) is 9.63. The molecular formula is C12H19IO2. The van der Waals surface area contributed by atoms with Gasteiger partial charge in [0.15, 0.2) is 0 Å². The van der Waals surface area contributed by atoms with Crippen LogP contribution in [0.15, 0.2) is 0 Å². The molecule has 2 fully saturated rings. The van der Waals surface area contributed by atoms with Crippen molar-refractivity contribution in [3.05, 3.63) is 0 Å². The van der Waals surface area contributed by atoms with Gasteiger partial charge in [-0.25, -0.2) is 0 Å². The Hall–Kier alpha value is 0.200. The fraction of sp³-hybridized carbons (Fsp3) is 0.917. The second-order valence-corrected chi connectivity index (χ2v) is 7.07. The fourth-order valence-corrected chi connectivity index (χ4v) is 5.22. The van der Waals surface area contributed by atoms with Crippen LogP contribution in [0.1, 0.15) is 40.0 Å². The molecule has 2 nitrogen and oxygen atoms in total. The van der Waals surface area contributed by atoms with E-state index >= 15 is 0 Å². The van der Waals surface area contributed by atoms with E-state index in [1.165, 1.54) is 6.42 Å². The van der Waals surface area contributed by atoms with Crippen LogP contribution < -0.4 is 0 Å². The summed E-state index contributed by atoms with van der Waals surface area (Å²) in [5.74, 6) is 1.40. The number of carbonyl (C=O) groups is 1. The Morgan fingerprint density at radius 1 is 1.53 bits per heavy atom. The molecule has 15 heavy (non-hydrogen) atoms. The van der Waals surface area contributed by atoms with Crippen molar-refractivity contribution in [3.63, 3.8) is 0 Å². The van der Waals surface area contributed by atoms with Crippen LogP contribution in [0.2, 0.25) is 0 Å². The van der Waals surface area contributed by atoms with Crippen LogP contribution in [-0.2, 0) is 9.53 Å². The van der Waals surface area contributed by atoms with Gasteiger partial charge in [0.25, 0.3) is 0 Å². The molecule has 0 N–H and O–H groups in total. The first-order valence-corrected chi connectivity index (χ1v) is 7.02. The van der Waals surface area contributed by atoms with E-state index in [1.807, 2.05) is 0 Å². The summed E-state index contributed by atoms with van der Waals surface area (Å²) in [7, 11) is 0. The van der Waals surface area contributed by atoms with E-state index in [1.54, 1.807) is 0 Å². The summed E-state index contributed by atoms with van der Waals surface area (Å²) in [6.45, 7) is 6.76. The van der Waals surface area contributed by atoms with Gasteiger partial charge in [0.05, 0.1) is 10.3 Å². The maximum absolute atomic E-state index is 11.4. The number of esters is 1. The highest BCUT2D eigenvalue weighted by Gasteiger charge is 2.53. The molecule has 0 aromatic rings. The van der Waals surface area contributed by atoms with Gasteiger partial charge in [-0.1, -0.05) is 43.4 Å². The van der Waals surface area contributed by atoms with Crippen molar-refractivity contribution in [2.24, 2.45) is 17.3 Å². The number of alkyl halides is 1. The van der Waals surface area contributed by atoms with Gasteiger partial charge in [-0.05, 0) is 24.7 Å². The van der Waals surface area contributed by atoms with Gasteiger partial charge in [-0.3, -0.25) is 4.79 Å². The van der Waals surface area contributed by atoms with Crippen molar-refractivity contribution in [2.45, 2.75) is 50.1 Å². The largest absolute Gasteiger partial charge is 0.461 e. The molecule has 0 radical (unpaired) electrons. The first kappa shape index (κ1) is 11.7. The van der Waals surface area contributed by atoms with E-state index < -0.39 is 0 Å². The van der Waals surface area contributed by atoms with Crippen molar-refractivity contribution in [1.82, 2.24) is 0 Å². The molecule has 0 bridgehead atoms. The third-order valence-corrected chi connectivity index (χ3v) is 5.67. The molecule has 1 saturated carbocycles. The highest BCUT2D eigenvalue weighted by molar-refractivity contribution is 14.1. The van der Waals surface area contributed by atoms with Gasteiger partial charge in [0, 0.05) is 5.41 Å². The molecule has 2 aliphatic rings. The SMILES string of the molecule is CC(C)[C@@H]1CC[C@@]2(C)CC(=O)O[C@H]2[C@@H]1I. The molecule has 0 aromatic carbocycles. The fourth-order valence-electron chi connectivity index (χ4n) is 3.02. The maximum atomic E-state index is 11.4. The highest BCUT2D eigenvalue weighted by Crippen LogP contribution is 2.51. The van der Waals surface area contributed by atoms with Crippen LogP contribution in [0.4, 0.5) is 0 Å². The minimum absolute atomic E-state index is 0.00794. The molecule has 1 aliphatic carbocycles. The van der Waals surface area contributed by atoms with Crippen LogP contribution >= 0.6 is 22.6 Å². The number of hydrogen-bond donors (Lipinski definition) is 0. The number of halogens is 1. The standard InChI is InChI=1S/C12H19IO2/c1-7(2)8-4-5-12(3)6-9(14)15-11(12)10(8)13/h7-8,10-11H,4-6H2,1-3H3/t8-,10+,11-,12-/m0/s1. The number of fused-ring (bicyclic) bond motifs is 1. The van der Waals surface area contributed by atoms with E-state index in [9.17, 15) is 4.79 Å². The smallest absolute Gasteiger partial charge is 0.306 e. The third kappa shape index (κ3) is 1.92. The van der Waals surface area contributed by atoms with Gasteiger partial charge >= 0.3 is 5.97 Å². The third-order valence-electron chi connectivity index (χ3n) is 4.10. The Bertz CT molecular complexity index is 277. The molecule has 0 spiro atoms. The quantitative estimate of drug-likeness (QED) is 0.421. The molecule has 86 valence electrons. The topological polar surface area (TPSA) is 26.3 Å². The second kappa shape index (κ2) is 3.90. The van der Waals surface area contributed by atoms with Crippen LogP contribution in [0.25, 0.3) is 0 Å². The summed E-state index contributed by atoms with van der Waals surface area (Å²) in [6, 6.07) is 0. The lowest BCUT2D eigenvalue weighted by Crippen LogP contribution is -2.45. The molecule has 1 saturated heterocycles. The maximum Gasteiger partial charge on any atom is 0.306 e. The molecular weight excluding hydrogens is 303 g/mol. The van der Waals surface area contributed by atoms with Gasteiger partial charge < -0.3 is 4.74 Å². The summed E-state index contributed by atoms with van der Waals surface area (Å²) in [4.78, 5) is 11.4. The second-order valence-electron chi connectivity index (χ2n) is 5.63. The number of ether oxygens (including phenoxy) is 1. The number of carbonyl (C=O) groups excluding carboxylic acids is 1. The van der Waals surface area contributed by atoms with Crippen molar-refractivity contribution >= 4 is 28.6 Å². The van der Waals surface area contributed by atoms with Crippen LogP contribution in [0.5, 0.6) is 0 Å². The highest BCUT2D eigenvalue weighted by atomic mass is 127. The summed E-state index contributed by atoms with van der Waals surface area (Å²) in [6.07, 6.45) is 3.18. The summed E-state index contributed by atoms with van der Waals surface area (Å²) in [5, 5.41) is 0. The number of hydrogen-bond acceptors (Lipinski definition) is 2. The minimum Gasteiger partial charge on any atom is -0.461 e. The zero-order valence-corrected chi connectivity index (χ0v) is 11.8.